The molecule has 0 aromatic carbocycles. The second kappa shape index (κ2) is 5.67. The van der Waals surface area contributed by atoms with E-state index in [-0.39, 0.29) is 10.3 Å². The van der Waals surface area contributed by atoms with Crippen LogP contribution < -0.4 is 11.3 Å². The van der Waals surface area contributed by atoms with E-state index in [0.29, 0.717) is 18.8 Å². The van der Waals surface area contributed by atoms with Crippen LogP contribution in [0, 0.1) is 5.41 Å². The Hall–Kier alpha value is -1.18. The first-order valence-corrected chi connectivity index (χ1v) is 8.28. The number of rotatable bonds is 4. The van der Waals surface area contributed by atoms with E-state index < -0.39 is 10.0 Å². The van der Waals surface area contributed by atoms with Gasteiger partial charge in [-0.2, -0.15) is 4.31 Å². The summed E-state index contributed by atoms with van der Waals surface area (Å²) in [6.45, 7) is 5.47. The summed E-state index contributed by atoms with van der Waals surface area (Å²) < 4.78 is 26.8. The van der Waals surface area contributed by atoms with Crippen molar-refractivity contribution < 1.29 is 8.42 Å². The molecule has 1 fully saturated rings. The highest BCUT2D eigenvalue weighted by Gasteiger charge is 2.35. The molecule has 112 valence electrons. The van der Waals surface area contributed by atoms with Crippen molar-refractivity contribution in [2.24, 2.45) is 11.3 Å². The number of sulfonamides is 1. The van der Waals surface area contributed by atoms with Crippen molar-refractivity contribution in [2.75, 3.05) is 18.5 Å². The Kier molecular flexibility index (Phi) is 4.31. The molecule has 0 aliphatic carbocycles. The maximum atomic E-state index is 12.7. The van der Waals surface area contributed by atoms with Crippen LogP contribution in [0.2, 0.25) is 0 Å². The number of nitrogens with zero attached hydrogens (tertiary/aromatic N) is 2. The lowest BCUT2D eigenvalue weighted by Gasteiger charge is -2.38. The van der Waals surface area contributed by atoms with Gasteiger partial charge >= 0.3 is 0 Å². The molecule has 3 N–H and O–H groups in total. The van der Waals surface area contributed by atoms with Crippen molar-refractivity contribution in [3.8, 4) is 0 Å². The van der Waals surface area contributed by atoms with E-state index >= 15 is 0 Å². The van der Waals surface area contributed by atoms with Crippen LogP contribution in [-0.2, 0) is 10.0 Å². The molecule has 1 saturated heterocycles. The van der Waals surface area contributed by atoms with Crippen LogP contribution in [-0.4, -0.2) is 30.8 Å². The normalized spacial score (nSPS) is 19.8. The Morgan fingerprint density at radius 3 is 2.65 bits per heavy atom. The minimum atomic E-state index is -3.53. The van der Waals surface area contributed by atoms with Gasteiger partial charge in [0.15, 0.2) is 0 Å². The molecule has 1 aromatic rings. The molecular formula is C13H22N4O2S. The van der Waals surface area contributed by atoms with E-state index in [2.05, 4.69) is 24.3 Å². The lowest BCUT2D eigenvalue weighted by atomic mass is 9.79. The zero-order valence-electron chi connectivity index (χ0n) is 12.0. The number of anilines is 1. The van der Waals surface area contributed by atoms with Crippen molar-refractivity contribution in [2.45, 2.75) is 38.0 Å². The zero-order valence-corrected chi connectivity index (χ0v) is 12.8. The van der Waals surface area contributed by atoms with Crippen molar-refractivity contribution in [1.82, 2.24) is 9.29 Å². The third kappa shape index (κ3) is 2.79. The molecule has 2 rings (SSSR count). The number of hydrazine groups is 1. The average Bonchev–Trinajstić information content (AvgIpc) is 2.47. The Morgan fingerprint density at radius 1 is 1.45 bits per heavy atom. The molecule has 1 aliphatic heterocycles. The van der Waals surface area contributed by atoms with Crippen molar-refractivity contribution in [3.63, 3.8) is 0 Å². The van der Waals surface area contributed by atoms with Gasteiger partial charge in [0, 0.05) is 25.5 Å². The van der Waals surface area contributed by atoms with Crippen molar-refractivity contribution >= 4 is 15.7 Å². The maximum absolute atomic E-state index is 12.7. The first-order chi connectivity index (χ1) is 9.43. The van der Waals surface area contributed by atoms with Gasteiger partial charge in [0.05, 0.1) is 5.69 Å². The van der Waals surface area contributed by atoms with Crippen LogP contribution in [0.25, 0.3) is 0 Å². The summed E-state index contributed by atoms with van der Waals surface area (Å²) in [5.74, 6) is 5.38. The summed E-state index contributed by atoms with van der Waals surface area (Å²) in [4.78, 5) is 4.04. The predicted molar refractivity (Wildman–Crippen MR) is 78.4 cm³/mol. The van der Waals surface area contributed by atoms with Crippen LogP contribution in [0.1, 0.15) is 33.1 Å². The molecule has 7 heteroatoms. The highest BCUT2D eigenvalue weighted by Crippen LogP contribution is 2.36. The van der Waals surface area contributed by atoms with Gasteiger partial charge in [-0.05, 0) is 24.3 Å². The fourth-order valence-electron chi connectivity index (χ4n) is 2.46. The number of nitrogen functional groups attached to an aromatic ring is 1. The molecule has 1 aliphatic rings. The van der Waals surface area contributed by atoms with E-state index in [1.165, 1.54) is 16.7 Å². The summed E-state index contributed by atoms with van der Waals surface area (Å²) in [6, 6.07) is 1.56. The highest BCUT2D eigenvalue weighted by molar-refractivity contribution is 7.89. The van der Waals surface area contributed by atoms with Gasteiger partial charge in [0.25, 0.3) is 0 Å². The van der Waals surface area contributed by atoms with Crippen LogP contribution in [0.15, 0.2) is 23.4 Å². The van der Waals surface area contributed by atoms with Gasteiger partial charge in [-0.25, -0.2) is 8.42 Å². The van der Waals surface area contributed by atoms with Gasteiger partial charge in [-0.3, -0.25) is 10.8 Å². The predicted octanol–water partition coefficient (Wildman–Crippen LogP) is 1.57. The second-order valence-corrected chi connectivity index (χ2v) is 7.49. The number of pyridine rings is 1. The number of hydrogen-bond donors (Lipinski definition) is 2. The van der Waals surface area contributed by atoms with Gasteiger partial charge in [0.2, 0.25) is 10.0 Å². The molecule has 0 spiro atoms. The molecule has 0 unspecified atom stereocenters. The van der Waals surface area contributed by atoms with Crippen LogP contribution >= 0.6 is 0 Å². The molecule has 0 bridgehead atoms. The SMILES string of the molecule is CCC1(C)CCN(S(=O)(=O)c2cnccc2NN)CC1. The Morgan fingerprint density at radius 2 is 2.10 bits per heavy atom. The quantitative estimate of drug-likeness (QED) is 0.650. The smallest absolute Gasteiger partial charge is 0.246 e. The monoisotopic (exact) mass is 298 g/mol. The van der Waals surface area contributed by atoms with E-state index in [0.717, 1.165) is 19.3 Å². The lowest BCUT2D eigenvalue weighted by molar-refractivity contribution is 0.169. The summed E-state index contributed by atoms with van der Waals surface area (Å²) in [5.41, 5.74) is 3.05. The molecule has 6 nitrogen and oxygen atoms in total. The standard InChI is InChI=1S/C13H22N4O2S/c1-3-13(2)5-8-17(9-6-13)20(18,19)12-10-15-7-4-11(12)16-14/h4,7,10H,3,5-6,8-9,14H2,1-2H3,(H,15,16). The van der Waals surface area contributed by atoms with E-state index in [4.69, 9.17) is 5.84 Å². The number of nitrogens with two attached hydrogens (primary N) is 1. The van der Waals surface area contributed by atoms with Gasteiger partial charge in [-0.1, -0.05) is 20.3 Å². The molecule has 0 atom stereocenters. The van der Waals surface area contributed by atoms with Gasteiger partial charge in [-0.15, -0.1) is 0 Å². The Bertz CT molecular complexity index is 565. The van der Waals surface area contributed by atoms with Crippen LogP contribution in [0.4, 0.5) is 5.69 Å². The number of nitrogens with one attached hydrogen (secondary N) is 1. The molecule has 1 aromatic heterocycles. The third-order valence-corrected chi connectivity index (χ3v) is 6.27. The average molecular weight is 298 g/mol. The summed E-state index contributed by atoms with van der Waals surface area (Å²) in [6.07, 6.45) is 5.70. The molecule has 2 heterocycles. The number of piperidine rings is 1. The molecule has 20 heavy (non-hydrogen) atoms. The largest absolute Gasteiger partial charge is 0.323 e. The van der Waals surface area contributed by atoms with E-state index in [1.807, 2.05) is 0 Å². The Labute approximate surface area is 120 Å². The number of aromatic nitrogens is 1. The number of hydrogen-bond acceptors (Lipinski definition) is 5. The van der Waals surface area contributed by atoms with Crippen molar-refractivity contribution in [3.05, 3.63) is 18.5 Å². The molecular weight excluding hydrogens is 276 g/mol. The van der Waals surface area contributed by atoms with Crippen LogP contribution in [0.3, 0.4) is 0 Å². The maximum Gasteiger partial charge on any atom is 0.246 e. The summed E-state index contributed by atoms with van der Waals surface area (Å²) >= 11 is 0. The molecule has 0 radical (unpaired) electrons. The minimum Gasteiger partial charge on any atom is -0.323 e. The van der Waals surface area contributed by atoms with Gasteiger partial charge < -0.3 is 5.43 Å². The van der Waals surface area contributed by atoms with Gasteiger partial charge in [0.1, 0.15) is 4.90 Å². The topological polar surface area (TPSA) is 88.3 Å². The fraction of sp³-hybridized carbons (Fsp3) is 0.615. The molecule has 0 amide bonds. The highest BCUT2D eigenvalue weighted by atomic mass is 32.2. The lowest BCUT2D eigenvalue weighted by Crippen LogP contribution is -2.42. The summed E-state index contributed by atoms with van der Waals surface area (Å²) in [5, 5.41) is 0. The third-order valence-electron chi connectivity index (χ3n) is 4.34. The zero-order chi connectivity index (χ0) is 14.8. The second-order valence-electron chi connectivity index (χ2n) is 5.58. The fourth-order valence-corrected chi connectivity index (χ4v) is 4.00. The summed E-state index contributed by atoms with van der Waals surface area (Å²) in [7, 11) is -3.53. The minimum absolute atomic E-state index is 0.141. The van der Waals surface area contributed by atoms with Crippen molar-refractivity contribution in [1.29, 1.82) is 0 Å². The first kappa shape index (κ1) is 15.2. The Balaban J connectivity index is 2.24. The van der Waals surface area contributed by atoms with Crippen LogP contribution in [0.5, 0.6) is 0 Å². The molecule has 0 saturated carbocycles. The van der Waals surface area contributed by atoms with E-state index in [9.17, 15) is 8.42 Å². The first-order valence-electron chi connectivity index (χ1n) is 6.84. The van der Waals surface area contributed by atoms with E-state index in [1.54, 1.807) is 6.07 Å².